The zero-order valence-electron chi connectivity index (χ0n) is 13.9. The van der Waals surface area contributed by atoms with Gasteiger partial charge in [0.25, 0.3) is 11.6 Å². The highest BCUT2D eigenvalue weighted by Gasteiger charge is 2.36. The molecule has 0 saturated heterocycles. The van der Waals surface area contributed by atoms with Crippen LogP contribution in [0.4, 0.5) is 5.69 Å². The molecule has 0 spiro atoms. The minimum atomic E-state index is -0.911. The summed E-state index contributed by atoms with van der Waals surface area (Å²) in [6.07, 6.45) is 2.91. The van der Waals surface area contributed by atoms with Crippen LogP contribution < -0.4 is 0 Å². The van der Waals surface area contributed by atoms with Crippen LogP contribution in [0.1, 0.15) is 27.8 Å². The van der Waals surface area contributed by atoms with Gasteiger partial charge in [0.05, 0.1) is 16.8 Å². The molecule has 0 radical (unpaired) electrons. The summed E-state index contributed by atoms with van der Waals surface area (Å²) in [6, 6.07) is 8.82. The van der Waals surface area contributed by atoms with E-state index in [9.17, 15) is 25.0 Å². The van der Waals surface area contributed by atoms with Gasteiger partial charge in [-0.05, 0) is 34.0 Å². The Morgan fingerprint density at radius 2 is 1.89 bits per heavy atom. The molecule has 0 aliphatic rings. The molecule has 0 aliphatic carbocycles. The molecule has 0 aliphatic heterocycles. The lowest BCUT2D eigenvalue weighted by atomic mass is 9.81. The third-order valence-electron chi connectivity index (χ3n) is 4.18. The summed E-state index contributed by atoms with van der Waals surface area (Å²) in [6.45, 7) is -0.453. The topological polar surface area (TPSA) is 121 Å². The van der Waals surface area contributed by atoms with Gasteiger partial charge in [0.2, 0.25) is 6.54 Å². The van der Waals surface area contributed by atoms with Gasteiger partial charge in [0, 0.05) is 29.4 Å². The molecular formula is C17H14N4O5S. The average Bonchev–Trinajstić information content (AvgIpc) is 3.35. The van der Waals surface area contributed by atoms with E-state index in [1.165, 1.54) is 48.0 Å². The molecule has 3 rings (SSSR count). The van der Waals surface area contributed by atoms with Crippen molar-refractivity contribution in [3.05, 3.63) is 90.9 Å². The Bertz CT molecular complexity index is 938. The van der Waals surface area contributed by atoms with Crippen molar-refractivity contribution in [2.75, 3.05) is 6.54 Å². The molecule has 2 heterocycles. The van der Waals surface area contributed by atoms with Crippen LogP contribution in [-0.2, 0) is 0 Å². The van der Waals surface area contributed by atoms with E-state index in [1.54, 1.807) is 22.9 Å². The number of thiophene rings is 1. The van der Waals surface area contributed by atoms with Crippen molar-refractivity contribution in [1.29, 1.82) is 0 Å². The number of nitro benzene ring substituents is 1. The smallest absolute Gasteiger partial charge is 0.269 e. The quantitative estimate of drug-likeness (QED) is 0.453. The van der Waals surface area contributed by atoms with Crippen molar-refractivity contribution < 1.29 is 14.6 Å². The third-order valence-corrected chi connectivity index (χ3v) is 4.88. The number of hydrogen-bond donors (Lipinski definition) is 0. The standard InChI is InChI=1S/C17H14N4O5S/c22-17(19-8-1-7-18-19)16(12-2-4-14(5-3-12)21(25)26)15(10-20(23)24)13-6-9-27-11-13/h1-9,11,15-16H,10H2/t15-,16+/m1/s1. The van der Waals surface area contributed by atoms with E-state index in [-0.39, 0.29) is 5.69 Å². The Labute approximate surface area is 157 Å². The van der Waals surface area contributed by atoms with Crippen molar-refractivity contribution in [3.63, 3.8) is 0 Å². The Hall–Kier alpha value is -3.40. The number of benzene rings is 1. The van der Waals surface area contributed by atoms with E-state index in [0.717, 1.165) is 4.68 Å². The number of hydrogen-bond acceptors (Lipinski definition) is 7. The van der Waals surface area contributed by atoms with Crippen molar-refractivity contribution in [1.82, 2.24) is 9.78 Å². The lowest BCUT2D eigenvalue weighted by Gasteiger charge is -2.23. The SMILES string of the molecule is O=C([C@@H](c1ccc([N+](=O)[O-])cc1)[C@H](C[N+](=O)[O-])c1ccsc1)n1cccn1. The second-order valence-corrected chi connectivity index (χ2v) is 6.57. The zero-order chi connectivity index (χ0) is 19.4. The molecule has 10 heteroatoms. The van der Waals surface area contributed by atoms with Gasteiger partial charge >= 0.3 is 0 Å². The summed E-state index contributed by atoms with van der Waals surface area (Å²) in [5.41, 5.74) is 1.00. The molecule has 0 bridgehead atoms. The lowest BCUT2D eigenvalue weighted by Crippen LogP contribution is -2.29. The van der Waals surface area contributed by atoms with Crippen LogP contribution in [0.25, 0.3) is 0 Å². The van der Waals surface area contributed by atoms with Crippen LogP contribution >= 0.6 is 11.3 Å². The molecule has 0 unspecified atom stereocenters. The van der Waals surface area contributed by atoms with Crippen molar-refractivity contribution >= 4 is 22.9 Å². The maximum Gasteiger partial charge on any atom is 0.269 e. The van der Waals surface area contributed by atoms with Crippen LogP contribution in [0.5, 0.6) is 0 Å². The van der Waals surface area contributed by atoms with E-state index in [0.29, 0.717) is 11.1 Å². The molecule has 1 aromatic carbocycles. The van der Waals surface area contributed by atoms with Crippen LogP contribution in [0.2, 0.25) is 0 Å². The maximum absolute atomic E-state index is 13.1. The van der Waals surface area contributed by atoms with Gasteiger partial charge in [-0.25, -0.2) is 4.68 Å². The van der Waals surface area contributed by atoms with Gasteiger partial charge in [0.1, 0.15) is 0 Å². The highest BCUT2D eigenvalue weighted by Crippen LogP contribution is 2.36. The van der Waals surface area contributed by atoms with Gasteiger partial charge in [-0.1, -0.05) is 12.1 Å². The number of non-ortho nitro benzene ring substituents is 1. The summed E-state index contributed by atoms with van der Waals surface area (Å²) in [5, 5.41) is 29.7. The third kappa shape index (κ3) is 4.06. The van der Waals surface area contributed by atoms with Crippen molar-refractivity contribution in [2.45, 2.75) is 11.8 Å². The molecular weight excluding hydrogens is 372 g/mol. The molecule has 0 N–H and O–H groups in total. The minimum Gasteiger partial charge on any atom is -0.272 e. The zero-order valence-corrected chi connectivity index (χ0v) is 14.7. The molecule has 0 fully saturated rings. The Balaban J connectivity index is 2.09. The monoisotopic (exact) mass is 386 g/mol. The number of nitro groups is 2. The van der Waals surface area contributed by atoms with Crippen LogP contribution in [0, 0.1) is 20.2 Å². The first-order chi connectivity index (χ1) is 13.0. The van der Waals surface area contributed by atoms with Gasteiger partial charge in [0.15, 0.2) is 0 Å². The highest BCUT2D eigenvalue weighted by molar-refractivity contribution is 7.08. The summed E-state index contributed by atoms with van der Waals surface area (Å²) in [7, 11) is 0. The second-order valence-electron chi connectivity index (χ2n) is 5.79. The summed E-state index contributed by atoms with van der Waals surface area (Å²) >= 11 is 1.38. The fourth-order valence-electron chi connectivity index (χ4n) is 2.94. The minimum absolute atomic E-state index is 0.120. The van der Waals surface area contributed by atoms with Crippen LogP contribution in [0.3, 0.4) is 0 Å². The predicted octanol–water partition coefficient (Wildman–Crippen LogP) is 3.34. The van der Waals surface area contributed by atoms with Gasteiger partial charge < -0.3 is 0 Å². The Morgan fingerprint density at radius 3 is 2.41 bits per heavy atom. The molecule has 3 aromatic rings. The number of carbonyl (C=O) groups excluding carboxylic acids is 1. The predicted molar refractivity (Wildman–Crippen MR) is 97.6 cm³/mol. The molecule has 2 aromatic heterocycles. The van der Waals surface area contributed by atoms with E-state index in [4.69, 9.17) is 0 Å². The highest BCUT2D eigenvalue weighted by atomic mass is 32.1. The van der Waals surface area contributed by atoms with Crippen LogP contribution in [-0.4, -0.2) is 32.1 Å². The Morgan fingerprint density at radius 1 is 1.15 bits per heavy atom. The number of nitrogens with zero attached hydrogens (tertiary/aromatic N) is 4. The lowest BCUT2D eigenvalue weighted by molar-refractivity contribution is -0.483. The van der Waals surface area contributed by atoms with E-state index < -0.39 is 34.1 Å². The number of rotatable bonds is 7. The first-order valence-corrected chi connectivity index (χ1v) is 8.83. The Kier molecular flexibility index (Phi) is 5.36. The number of carbonyl (C=O) groups is 1. The van der Waals surface area contributed by atoms with Gasteiger partial charge in [-0.15, -0.1) is 0 Å². The molecule has 2 atom stereocenters. The van der Waals surface area contributed by atoms with Gasteiger partial charge in [-0.3, -0.25) is 25.0 Å². The molecule has 27 heavy (non-hydrogen) atoms. The van der Waals surface area contributed by atoms with E-state index in [2.05, 4.69) is 5.10 Å². The van der Waals surface area contributed by atoms with E-state index >= 15 is 0 Å². The molecule has 138 valence electrons. The molecule has 9 nitrogen and oxygen atoms in total. The van der Waals surface area contributed by atoms with E-state index in [1.807, 2.05) is 0 Å². The largest absolute Gasteiger partial charge is 0.272 e. The summed E-state index contributed by atoms with van der Waals surface area (Å²) in [5.74, 6) is -2.08. The summed E-state index contributed by atoms with van der Waals surface area (Å²) in [4.78, 5) is 34.3. The van der Waals surface area contributed by atoms with Crippen molar-refractivity contribution in [2.24, 2.45) is 0 Å². The first-order valence-electron chi connectivity index (χ1n) is 7.89. The second kappa shape index (κ2) is 7.87. The van der Waals surface area contributed by atoms with Crippen molar-refractivity contribution in [3.8, 4) is 0 Å². The average molecular weight is 386 g/mol. The normalized spacial score (nSPS) is 13.0. The van der Waals surface area contributed by atoms with Gasteiger partial charge in [-0.2, -0.15) is 16.4 Å². The maximum atomic E-state index is 13.1. The summed E-state index contributed by atoms with van der Waals surface area (Å²) < 4.78 is 1.13. The molecule has 0 saturated carbocycles. The fourth-order valence-corrected chi connectivity index (χ4v) is 3.67. The molecule has 0 amide bonds. The fraction of sp³-hybridized carbons (Fsp3) is 0.176. The van der Waals surface area contributed by atoms with Crippen LogP contribution in [0.15, 0.2) is 59.6 Å². The number of aromatic nitrogens is 2. The first kappa shape index (κ1) is 18.4.